The summed E-state index contributed by atoms with van der Waals surface area (Å²) in [6.07, 6.45) is 0. The van der Waals surface area contributed by atoms with E-state index in [4.69, 9.17) is 9.15 Å². The maximum absolute atomic E-state index is 11.9. The second-order valence-corrected chi connectivity index (χ2v) is 5.14. The molecule has 7 nitrogen and oxygen atoms in total. The maximum Gasteiger partial charge on any atom is 0.437 e. The van der Waals surface area contributed by atoms with E-state index in [9.17, 15) is 9.59 Å². The number of ether oxygens (including phenoxy) is 1. The quantitative estimate of drug-likeness (QED) is 0.857. The number of hydrogen-bond donors (Lipinski definition) is 1. The molecule has 0 aliphatic heterocycles. The van der Waals surface area contributed by atoms with Crippen molar-refractivity contribution in [2.24, 2.45) is 0 Å². The molecule has 1 amide bonds. The number of nitrogens with one attached hydrogen (secondary N) is 1. The van der Waals surface area contributed by atoms with Gasteiger partial charge < -0.3 is 14.5 Å². The second kappa shape index (κ2) is 6.49. The third-order valence-corrected chi connectivity index (χ3v) is 3.61. The van der Waals surface area contributed by atoms with Crippen molar-refractivity contribution in [1.29, 1.82) is 0 Å². The molecule has 2 aromatic rings. The number of carbonyl (C=O) groups excluding carboxylic acids is 1. The minimum absolute atomic E-state index is 0.0927. The number of thiophene rings is 1. The predicted octanol–water partition coefficient (Wildman–Crippen LogP) is 0.922. The minimum Gasteiger partial charge on any atom is -0.390 e. The lowest BCUT2D eigenvalue weighted by Crippen LogP contribution is -2.32. The molecule has 2 rings (SSSR count). The molecule has 2 aromatic heterocycles. The lowest BCUT2D eigenvalue weighted by Gasteiger charge is -2.11. The van der Waals surface area contributed by atoms with Gasteiger partial charge in [0.1, 0.15) is 13.2 Å². The lowest BCUT2D eigenvalue weighted by atomic mass is 10.3. The van der Waals surface area contributed by atoms with E-state index in [2.05, 4.69) is 10.4 Å². The van der Waals surface area contributed by atoms with Crippen LogP contribution in [0.25, 0.3) is 0 Å². The van der Waals surface area contributed by atoms with Crippen LogP contribution in [0.1, 0.15) is 23.7 Å². The molecule has 0 fully saturated rings. The van der Waals surface area contributed by atoms with Gasteiger partial charge in [0.2, 0.25) is 11.8 Å². The van der Waals surface area contributed by atoms with Gasteiger partial charge in [-0.2, -0.15) is 4.68 Å². The Labute approximate surface area is 119 Å². The summed E-state index contributed by atoms with van der Waals surface area (Å²) in [6, 6.07) is 3.75. The molecule has 8 heteroatoms. The van der Waals surface area contributed by atoms with Crippen molar-refractivity contribution in [2.45, 2.75) is 26.1 Å². The van der Waals surface area contributed by atoms with E-state index in [-0.39, 0.29) is 31.0 Å². The van der Waals surface area contributed by atoms with Gasteiger partial charge in [0.15, 0.2) is 0 Å². The van der Waals surface area contributed by atoms with Crippen LogP contribution in [0.3, 0.4) is 0 Å². The number of methoxy groups -OCH3 is 1. The number of hydrogen-bond acceptors (Lipinski definition) is 6. The Morgan fingerprint density at radius 3 is 3.10 bits per heavy atom. The fraction of sp³-hybridized carbons (Fsp3) is 0.417. The highest BCUT2D eigenvalue weighted by Gasteiger charge is 2.14. The van der Waals surface area contributed by atoms with E-state index in [1.165, 1.54) is 7.11 Å². The molecule has 0 saturated heterocycles. The van der Waals surface area contributed by atoms with E-state index in [0.717, 1.165) is 9.56 Å². The van der Waals surface area contributed by atoms with Gasteiger partial charge in [-0.25, -0.2) is 4.79 Å². The van der Waals surface area contributed by atoms with Crippen LogP contribution in [0.5, 0.6) is 0 Å². The Kier molecular flexibility index (Phi) is 4.70. The first-order chi connectivity index (χ1) is 9.60. The number of rotatable bonds is 6. The molecule has 1 unspecified atom stereocenters. The van der Waals surface area contributed by atoms with Crippen LogP contribution in [-0.4, -0.2) is 22.8 Å². The fourth-order valence-electron chi connectivity index (χ4n) is 1.66. The molecule has 0 spiro atoms. The summed E-state index contributed by atoms with van der Waals surface area (Å²) >= 11 is 1.56. The average Bonchev–Trinajstić information content (AvgIpc) is 3.01. The number of nitrogens with zero attached hydrogens (tertiary/aromatic N) is 2. The van der Waals surface area contributed by atoms with Gasteiger partial charge in [-0.3, -0.25) is 4.79 Å². The van der Waals surface area contributed by atoms with E-state index in [1.54, 1.807) is 11.3 Å². The first kappa shape index (κ1) is 14.5. The largest absolute Gasteiger partial charge is 0.437 e. The maximum atomic E-state index is 11.9. The average molecular weight is 297 g/mol. The van der Waals surface area contributed by atoms with Gasteiger partial charge in [0.05, 0.1) is 6.04 Å². The van der Waals surface area contributed by atoms with Crippen molar-refractivity contribution in [2.75, 3.05) is 7.11 Å². The van der Waals surface area contributed by atoms with Gasteiger partial charge in [0.25, 0.3) is 0 Å². The summed E-state index contributed by atoms with van der Waals surface area (Å²) in [7, 11) is 1.47. The zero-order chi connectivity index (χ0) is 14.5. The summed E-state index contributed by atoms with van der Waals surface area (Å²) in [5.41, 5.74) is 0. The Hall–Kier alpha value is -1.93. The molecule has 2 heterocycles. The summed E-state index contributed by atoms with van der Waals surface area (Å²) in [5.74, 6) is -0.821. The molecule has 1 N–H and O–H groups in total. The lowest BCUT2D eigenvalue weighted by molar-refractivity contribution is -0.122. The van der Waals surface area contributed by atoms with E-state index in [0.29, 0.717) is 0 Å². The van der Waals surface area contributed by atoms with Crippen molar-refractivity contribution < 1.29 is 13.9 Å². The SMILES string of the molecule is COCc1nn(CC(=O)NC(C)c2cccs2)c(=O)o1. The van der Waals surface area contributed by atoms with Crippen LogP contribution in [0, 0.1) is 0 Å². The first-order valence-electron chi connectivity index (χ1n) is 5.98. The van der Waals surface area contributed by atoms with E-state index in [1.807, 2.05) is 24.4 Å². The smallest absolute Gasteiger partial charge is 0.390 e. The van der Waals surface area contributed by atoms with E-state index < -0.39 is 5.76 Å². The van der Waals surface area contributed by atoms with Crippen molar-refractivity contribution in [3.8, 4) is 0 Å². The van der Waals surface area contributed by atoms with Crippen molar-refractivity contribution in [3.63, 3.8) is 0 Å². The summed E-state index contributed by atoms with van der Waals surface area (Å²) in [6.45, 7) is 1.79. The zero-order valence-corrected chi connectivity index (χ0v) is 12.0. The standard InChI is InChI=1S/C12H15N3O4S/c1-8(9-4-3-5-20-9)13-10(16)6-15-12(17)19-11(14-15)7-18-2/h3-5,8H,6-7H2,1-2H3,(H,13,16). The van der Waals surface area contributed by atoms with Gasteiger partial charge >= 0.3 is 5.76 Å². The highest BCUT2D eigenvalue weighted by atomic mass is 32.1. The molecule has 1 atom stereocenters. The molecular formula is C12H15N3O4S. The van der Waals surface area contributed by atoms with Crippen molar-refractivity contribution >= 4 is 17.2 Å². The number of amides is 1. The third kappa shape index (κ3) is 3.55. The predicted molar refractivity (Wildman–Crippen MR) is 72.4 cm³/mol. The van der Waals surface area contributed by atoms with E-state index >= 15 is 0 Å². The Morgan fingerprint density at radius 1 is 1.65 bits per heavy atom. The van der Waals surface area contributed by atoms with Crippen LogP contribution in [0.15, 0.2) is 26.7 Å². The second-order valence-electron chi connectivity index (χ2n) is 4.16. The fourth-order valence-corrected chi connectivity index (χ4v) is 2.40. The van der Waals surface area contributed by atoms with Crippen LogP contribution >= 0.6 is 11.3 Å². The normalized spacial score (nSPS) is 12.3. The molecular weight excluding hydrogens is 282 g/mol. The summed E-state index contributed by atoms with van der Waals surface area (Å²) in [4.78, 5) is 24.4. The van der Waals surface area contributed by atoms with Gasteiger partial charge in [-0.15, -0.1) is 16.4 Å². The Bertz CT molecular complexity index is 617. The monoisotopic (exact) mass is 297 g/mol. The molecule has 0 radical (unpaired) electrons. The van der Waals surface area contributed by atoms with Crippen LogP contribution in [0.4, 0.5) is 0 Å². The summed E-state index contributed by atoms with van der Waals surface area (Å²) < 4.78 is 10.6. The molecule has 108 valence electrons. The molecule has 0 saturated carbocycles. The number of aromatic nitrogens is 2. The van der Waals surface area contributed by atoms with Crippen LogP contribution in [-0.2, 0) is 22.7 Å². The number of carbonyl (C=O) groups is 1. The topological polar surface area (TPSA) is 86.4 Å². The first-order valence-corrected chi connectivity index (χ1v) is 6.86. The third-order valence-electron chi connectivity index (χ3n) is 2.56. The van der Waals surface area contributed by atoms with Crippen molar-refractivity contribution in [3.05, 3.63) is 38.8 Å². The molecule has 20 heavy (non-hydrogen) atoms. The van der Waals surface area contributed by atoms with Gasteiger partial charge in [0, 0.05) is 12.0 Å². The molecule has 0 aliphatic rings. The Morgan fingerprint density at radius 2 is 2.45 bits per heavy atom. The minimum atomic E-state index is -0.670. The molecule has 0 bridgehead atoms. The highest BCUT2D eigenvalue weighted by molar-refractivity contribution is 7.10. The Balaban J connectivity index is 1.96. The van der Waals surface area contributed by atoms with Crippen LogP contribution < -0.4 is 11.1 Å². The van der Waals surface area contributed by atoms with Crippen molar-refractivity contribution in [1.82, 2.24) is 15.1 Å². The molecule has 0 aromatic carbocycles. The summed E-state index contributed by atoms with van der Waals surface area (Å²) in [5, 5.41) is 8.60. The van der Waals surface area contributed by atoms with Crippen LogP contribution in [0.2, 0.25) is 0 Å². The van der Waals surface area contributed by atoms with Gasteiger partial charge in [-0.1, -0.05) is 6.07 Å². The molecule has 0 aliphatic carbocycles. The highest BCUT2D eigenvalue weighted by Crippen LogP contribution is 2.17. The van der Waals surface area contributed by atoms with Gasteiger partial charge in [-0.05, 0) is 18.4 Å². The zero-order valence-electron chi connectivity index (χ0n) is 11.2.